The number of anilines is 3. The van der Waals surface area contributed by atoms with E-state index in [0.717, 1.165) is 36.0 Å². The molecular formula is C24H28N4O. The number of benzene rings is 2. The first kappa shape index (κ1) is 19.2. The number of piperidine rings is 1. The zero-order valence-corrected chi connectivity index (χ0v) is 17.1. The third kappa shape index (κ3) is 4.67. The molecule has 5 nitrogen and oxygen atoms in total. The lowest BCUT2D eigenvalue weighted by atomic mass is 9.99. The summed E-state index contributed by atoms with van der Waals surface area (Å²) in [4.78, 5) is 22.5. The largest absolute Gasteiger partial charge is 0.372 e. The van der Waals surface area contributed by atoms with Crippen LogP contribution in [0.15, 0.2) is 59.4 Å². The van der Waals surface area contributed by atoms with E-state index in [0.29, 0.717) is 17.9 Å². The first-order valence-electron chi connectivity index (χ1n) is 10.3. The Bertz CT molecular complexity index is 1000. The zero-order chi connectivity index (χ0) is 20.2. The third-order valence-electron chi connectivity index (χ3n) is 5.72. The average molecular weight is 389 g/mol. The maximum Gasteiger partial charge on any atom is 0.256 e. The van der Waals surface area contributed by atoms with Gasteiger partial charge in [0.2, 0.25) is 5.95 Å². The lowest BCUT2D eigenvalue weighted by Crippen LogP contribution is -2.32. The summed E-state index contributed by atoms with van der Waals surface area (Å²) in [5.41, 5.74) is 4.63. The van der Waals surface area contributed by atoms with Crippen LogP contribution < -0.4 is 15.8 Å². The second-order valence-electron chi connectivity index (χ2n) is 7.98. The van der Waals surface area contributed by atoms with E-state index >= 15 is 0 Å². The lowest BCUT2D eigenvalue weighted by molar-refractivity contribution is 0.438. The van der Waals surface area contributed by atoms with Crippen molar-refractivity contribution >= 4 is 17.3 Å². The van der Waals surface area contributed by atoms with E-state index in [4.69, 9.17) is 0 Å². The molecular weight excluding hydrogens is 360 g/mol. The van der Waals surface area contributed by atoms with Crippen molar-refractivity contribution in [3.63, 3.8) is 0 Å². The van der Waals surface area contributed by atoms with Gasteiger partial charge in [-0.3, -0.25) is 9.78 Å². The van der Waals surface area contributed by atoms with E-state index in [9.17, 15) is 4.79 Å². The predicted molar refractivity (Wildman–Crippen MR) is 119 cm³/mol. The SMILES string of the molecule is Cc1nc(Nc2ccc(N3CCC(C)CC3)cc2)[nH]c(=O)c1Cc1ccccc1. The monoisotopic (exact) mass is 388 g/mol. The van der Waals surface area contributed by atoms with Gasteiger partial charge in [0.05, 0.1) is 5.69 Å². The topological polar surface area (TPSA) is 61.0 Å². The number of nitrogens with one attached hydrogen (secondary N) is 2. The summed E-state index contributed by atoms with van der Waals surface area (Å²) in [5.74, 6) is 1.30. The molecule has 1 aliphatic heterocycles. The number of H-pyrrole nitrogens is 1. The van der Waals surface area contributed by atoms with Crippen molar-refractivity contribution in [3.8, 4) is 0 Å². The smallest absolute Gasteiger partial charge is 0.256 e. The number of hydrogen-bond donors (Lipinski definition) is 2. The van der Waals surface area contributed by atoms with E-state index in [1.165, 1.54) is 18.5 Å². The first-order valence-corrected chi connectivity index (χ1v) is 10.3. The van der Waals surface area contributed by atoms with Gasteiger partial charge in [-0.1, -0.05) is 37.3 Å². The Morgan fingerprint density at radius 3 is 2.41 bits per heavy atom. The molecule has 1 saturated heterocycles. The van der Waals surface area contributed by atoms with Crippen molar-refractivity contribution in [2.75, 3.05) is 23.3 Å². The minimum atomic E-state index is -0.0945. The summed E-state index contributed by atoms with van der Waals surface area (Å²) in [5, 5.41) is 3.23. The van der Waals surface area contributed by atoms with Gasteiger partial charge < -0.3 is 10.2 Å². The molecule has 5 heteroatoms. The molecule has 0 saturated carbocycles. The van der Waals surface area contributed by atoms with Gasteiger partial charge in [0.1, 0.15) is 0 Å². The zero-order valence-electron chi connectivity index (χ0n) is 17.1. The van der Waals surface area contributed by atoms with Gasteiger partial charge in [0.25, 0.3) is 5.56 Å². The van der Waals surface area contributed by atoms with Crippen molar-refractivity contribution in [3.05, 3.63) is 81.8 Å². The van der Waals surface area contributed by atoms with E-state index in [1.807, 2.05) is 49.4 Å². The summed E-state index contributed by atoms with van der Waals surface area (Å²) in [6.45, 7) is 6.44. The molecule has 4 rings (SSSR count). The summed E-state index contributed by atoms with van der Waals surface area (Å²) in [7, 11) is 0. The molecule has 2 heterocycles. The molecule has 1 fully saturated rings. The van der Waals surface area contributed by atoms with Crippen LogP contribution in [0, 0.1) is 12.8 Å². The number of aryl methyl sites for hydroxylation is 1. The van der Waals surface area contributed by atoms with Crippen LogP contribution >= 0.6 is 0 Å². The molecule has 0 aliphatic carbocycles. The molecule has 29 heavy (non-hydrogen) atoms. The second-order valence-corrected chi connectivity index (χ2v) is 7.98. The molecule has 2 N–H and O–H groups in total. The van der Waals surface area contributed by atoms with Gasteiger partial charge in [-0.25, -0.2) is 4.98 Å². The van der Waals surface area contributed by atoms with Crippen LogP contribution in [0.25, 0.3) is 0 Å². The summed E-state index contributed by atoms with van der Waals surface area (Å²) >= 11 is 0. The minimum absolute atomic E-state index is 0.0945. The highest BCUT2D eigenvalue weighted by atomic mass is 16.1. The van der Waals surface area contributed by atoms with Gasteiger partial charge in [-0.2, -0.15) is 0 Å². The van der Waals surface area contributed by atoms with Gasteiger partial charge in [0, 0.05) is 36.4 Å². The summed E-state index contributed by atoms with van der Waals surface area (Å²) in [6.07, 6.45) is 3.08. The highest BCUT2D eigenvalue weighted by Crippen LogP contribution is 2.25. The van der Waals surface area contributed by atoms with Crippen LogP contribution in [0.4, 0.5) is 17.3 Å². The molecule has 2 aromatic carbocycles. The van der Waals surface area contributed by atoms with Crippen molar-refractivity contribution in [2.24, 2.45) is 5.92 Å². The fourth-order valence-electron chi connectivity index (χ4n) is 3.84. The second kappa shape index (κ2) is 8.52. The Kier molecular flexibility index (Phi) is 5.65. The molecule has 1 aliphatic rings. The van der Waals surface area contributed by atoms with Gasteiger partial charge in [-0.05, 0) is 55.5 Å². The number of aromatic amines is 1. The maximum absolute atomic E-state index is 12.6. The predicted octanol–water partition coefficient (Wildman–Crippen LogP) is 4.65. The molecule has 3 aromatic rings. The molecule has 150 valence electrons. The molecule has 1 aromatic heterocycles. The molecule has 0 bridgehead atoms. The average Bonchev–Trinajstić information content (AvgIpc) is 2.73. The fourth-order valence-corrected chi connectivity index (χ4v) is 3.84. The maximum atomic E-state index is 12.6. The molecule has 0 atom stereocenters. The standard InChI is InChI=1S/C24H28N4O/c1-17-12-14-28(15-13-17)21-10-8-20(9-11-21)26-24-25-18(2)22(23(29)27-24)16-19-6-4-3-5-7-19/h3-11,17H,12-16H2,1-2H3,(H2,25,26,27,29). The highest BCUT2D eigenvalue weighted by Gasteiger charge is 2.16. The summed E-state index contributed by atoms with van der Waals surface area (Å²) < 4.78 is 0. The van der Waals surface area contributed by atoms with Gasteiger partial charge in [0.15, 0.2) is 0 Å². The first-order chi connectivity index (χ1) is 14.1. The minimum Gasteiger partial charge on any atom is -0.372 e. The Balaban J connectivity index is 1.46. The molecule has 0 radical (unpaired) electrons. The number of nitrogens with zero attached hydrogens (tertiary/aromatic N) is 2. The van der Waals surface area contributed by atoms with Crippen molar-refractivity contribution in [1.29, 1.82) is 0 Å². The van der Waals surface area contributed by atoms with Crippen LogP contribution in [0.2, 0.25) is 0 Å². The quantitative estimate of drug-likeness (QED) is 0.668. The fraction of sp³-hybridized carbons (Fsp3) is 0.333. The Morgan fingerprint density at radius 2 is 1.76 bits per heavy atom. The normalized spacial score (nSPS) is 14.8. The molecule has 0 amide bonds. The van der Waals surface area contributed by atoms with Crippen LogP contribution in [0.3, 0.4) is 0 Å². The van der Waals surface area contributed by atoms with Crippen LogP contribution in [0.1, 0.15) is 36.6 Å². The number of hydrogen-bond acceptors (Lipinski definition) is 4. The van der Waals surface area contributed by atoms with Crippen molar-refractivity contribution in [2.45, 2.75) is 33.1 Å². The molecule has 0 spiro atoms. The number of rotatable bonds is 5. The Morgan fingerprint density at radius 1 is 1.07 bits per heavy atom. The number of aromatic nitrogens is 2. The third-order valence-corrected chi connectivity index (χ3v) is 5.72. The molecule has 0 unspecified atom stereocenters. The van der Waals surface area contributed by atoms with Crippen LogP contribution in [-0.2, 0) is 6.42 Å². The van der Waals surface area contributed by atoms with Crippen LogP contribution in [-0.4, -0.2) is 23.1 Å². The van der Waals surface area contributed by atoms with E-state index in [-0.39, 0.29) is 5.56 Å². The van der Waals surface area contributed by atoms with Crippen molar-refractivity contribution < 1.29 is 0 Å². The Hall–Kier alpha value is -3.08. The van der Waals surface area contributed by atoms with Crippen molar-refractivity contribution in [1.82, 2.24) is 9.97 Å². The van der Waals surface area contributed by atoms with Gasteiger partial charge in [-0.15, -0.1) is 0 Å². The van der Waals surface area contributed by atoms with E-state index in [2.05, 4.69) is 39.2 Å². The summed E-state index contributed by atoms with van der Waals surface area (Å²) in [6, 6.07) is 18.3. The Labute approximate surface area is 171 Å². The van der Waals surface area contributed by atoms with E-state index in [1.54, 1.807) is 0 Å². The van der Waals surface area contributed by atoms with Crippen LogP contribution in [0.5, 0.6) is 0 Å². The van der Waals surface area contributed by atoms with Gasteiger partial charge >= 0.3 is 0 Å². The lowest BCUT2D eigenvalue weighted by Gasteiger charge is -2.32. The highest BCUT2D eigenvalue weighted by molar-refractivity contribution is 5.59. The van der Waals surface area contributed by atoms with E-state index < -0.39 is 0 Å².